The van der Waals surface area contributed by atoms with Crippen LogP contribution >= 0.6 is 0 Å². The van der Waals surface area contributed by atoms with Crippen molar-refractivity contribution in [2.45, 2.75) is 19.4 Å². The molecule has 0 aliphatic carbocycles. The third-order valence-corrected chi connectivity index (χ3v) is 2.27. The number of carbonyl (C=O) groups is 1. The Morgan fingerprint density at radius 1 is 1.39 bits per heavy atom. The van der Waals surface area contributed by atoms with E-state index in [0.717, 1.165) is 18.2 Å². The normalized spacial score (nSPS) is 12.0. The maximum Gasteiger partial charge on any atom is 0.335 e. The van der Waals surface area contributed by atoms with E-state index in [0.29, 0.717) is 0 Å². The zero-order chi connectivity index (χ0) is 13.7. The standard InChI is InChI=1S/C13H14F2O3/c1-3-18-13(17)12(16)4-8(2)9-5-10(14)7-11(15)6-9/h5-7,12,16H,2-4H2,1H3. The molecule has 1 N–H and O–H groups in total. The van der Waals surface area contributed by atoms with Gasteiger partial charge >= 0.3 is 5.97 Å². The molecule has 0 saturated carbocycles. The number of ether oxygens (including phenoxy) is 1. The van der Waals surface area contributed by atoms with Gasteiger partial charge in [-0.3, -0.25) is 0 Å². The summed E-state index contributed by atoms with van der Waals surface area (Å²) in [5.74, 6) is -2.26. The molecule has 0 aromatic heterocycles. The predicted octanol–water partition coefficient (Wildman–Crippen LogP) is 2.29. The number of esters is 1. The van der Waals surface area contributed by atoms with Gasteiger partial charge in [0.2, 0.25) is 0 Å². The molecule has 3 nitrogen and oxygen atoms in total. The quantitative estimate of drug-likeness (QED) is 0.822. The smallest absolute Gasteiger partial charge is 0.335 e. The minimum Gasteiger partial charge on any atom is -0.464 e. The lowest BCUT2D eigenvalue weighted by atomic mass is 10.0. The van der Waals surface area contributed by atoms with E-state index in [2.05, 4.69) is 11.3 Å². The highest BCUT2D eigenvalue weighted by Gasteiger charge is 2.18. The summed E-state index contributed by atoms with van der Waals surface area (Å²) in [6.07, 6.45) is -1.52. The van der Waals surface area contributed by atoms with Crippen LogP contribution in [0.3, 0.4) is 0 Å². The Balaban J connectivity index is 2.73. The van der Waals surface area contributed by atoms with Crippen LogP contribution in [0.25, 0.3) is 5.57 Å². The lowest BCUT2D eigenvalue weighted by Crippen LogP contribution is -2.23. The topological polar surface area (TPSA) is 46.5 Å². The van der Waals surface area contributed by atoms with Gasteiger partial charge in [-0.15, -0.1) is 0 Å². The SMILES string of the molecule is C=C(CC(O)C(=O)OCC)c1cc(F)cc(F)c1. The lowest BCUT2D eigenvalue weighted by Gasteiger charge is -2.11. The first-order valence-corrected chi connectivity index (χ1v) is 5.43. The Morgan fingerprint density at radius 3 is 2.44 bits per heavy atom. The average Bonchev–Trinajstić information content (AvgIpc) is 2.27. The summed E-state index contributed by atoms with van der Waals surface area (Å²) in [7, 11) is 0. The molecule has 1 atom stereocenters. The number of hydrogen-bond donors (Lipinski definition) is 1. The third-order valence-electron chi connectivity index (χ3n) is 2.27. The fourth-order valence-corrected chi connectivity index (χ4v) is 1.43. The van der Waals surface area contributed by atoms with Crippen molar-refractivity contribution in [3.8, 4) is 0 Å². The van der Waals surface area contributed by atoms with E-state index >= 15 is 0 Å². The summed E-state index contributed by atoms with van der Waals surface area (Å²) in [6, 6.07) is 2.91. The maximum atomic E-state index is 13.0. The highest BCUT2D eigenvalue weighted by atomic mass is 19.1. The predicted molar refractivity (Wildman–Crippen MR) is 62.6 cm³/mol. The molecule has 1 rings (SSSR count). The van der Waals surface area contributed by atoms with Crippen LogP contribution < -0.4 is 0 Å². The van der Waals surface area contributed by atoms with Crippen molar-refractivity contribution in [2.75, 3.05) is 6.61 Å². The molecular weight excluding hydrogens is 242 g/mol. The van der Waals surface area contributed by atoms with Crippen molar-refractivity contribution in [3.63, 3.8) is 0 Å². The summed E-state index contributed by atoms with van der Waals surface area (Å²) in [4.78, 5) is 11.2. The molecule has 98 valence electrons. The summed E-state index contributed by atoms with van der Waals surface area (Å²) in [5, 5.41) is 9.50. The summed E-state index contributed by atoms with van der Waals surface area (Å²) in [6.45, 7) is 5.35. The van der Waals surface area contributed by atoms with E-state index in [-0.39, 0.29) is 24.2 Å². The highest BCUT2D eigenvalue weighted by molar-refractivity contribution is 5.78. The van der Waals surface area contributed by atoms with Gasteiger partial charge in [-0.2, -0.15) is 0 Å². The maximum absolute atomic E-state index is 13.0. The fourth-order valence-electron chi connectivity index (χ4n) is 1.43. The zero-order valence-corrected chi connectivity index (χ0v) is 9.95. The minimum atomic E-state index is -1.39. The first-order valence-electron chi connectivity index (χ1n) is 5.43. The van der Waals surface area contributed by atoms with Crippen molar-refractivity contribution in [1.29, 1.82) is 0 Å². The summed E-state index contributed by atoms with van der Waals surface area (Å²) in [5.41, 5.74) is 0.463. The van der Waals surface area contributed by atoms with Crippen molar-refractivity contribution in [2.24, 2.45) is 0 Å². The van der Waals surface area contributed by atoms with Crippen molar-refractivity contribution < 1.29 is 23.4 Å². The molecule has 0 spiro atoms. The zero-order valence-electron chi connectivity index (χ0n) is 9.95. The molecule has 1 aromatic carbocycles. The second kappa shape index (κ2) is 6.26. The number of aliphatic hydroxyl groups excluding tert-OH is 1. The Labute approximate surface area is 104 Å². The Kier molecular flexibility index (Phi) is 4.97. The second-order valence-electron chi connectivity index (χ2n) is 3.73. The van der Waals surface area contributed by atoms with Crippen LogP contribution in [0.2, 0.25) is 0 Å². The van der Waals surface area contributed by atoms with Crippen molar-refractivity contribution in [1.82, 2.24) is 0 Å². The second-order valence-corrected chi connectivity index (χ2v) is 3.73. The van der Waals surface area contributed by atoms with Gasteiger partial charge in [0, 0.05) is 12.5 Å². The number of halogens is 2. The van der Waals surface area contributed by atoms with Crippen LogP contribution in [0.5, 0.6) is 0 Å². The molecule has 18 heavy (non-hydrogen) atoms. The van der Waals surface area contributed by atoms with E-state index in [1.165, 1.54) is 0 Å². The van der Waals surface area contributed by atoms with Crippen LogP contribution in [0, 0.1) is 11.6 Å². The molecule has 0 fully saturated rings. The van der Waals surface area contributed by atoms with Gasteiger partial charge in [-0.25, -0.2) is 13.6 Å². The number of carbonyl (C=O) groups excluding carboxylic acids is 1. The molecule has 1 unspecified atom stereocenters. The van der Waals surface area contributed by atoms with E-state index in [4.69, 9.17) is 0 Å². The molecule has 0 aliphatic rings. The third kappa shape index (κ3) is 3.92. The van der Waals surface area contributed by atoms with E-state index < -0.39 is 23.7 Å². The van der Waals surface area contributed by atoms with Gasteiger partial charge in [0.05, 0.1) is 6.61 Å². The van der Waals surface area contributed by atoms with E-state index in [9.17, 15) is 18.7 Å². The van der Waals surface area contributed by atoms with Crippen molar-refractivity contribution >= 4 is 11.5 Å². The molecule has 1 aromatic rings. The Bertz CT molecular complexity index is 437. The Hall–Kier alpha value is -1.75. The van der Waals surface area contributed by atoms with E-state index in [1.54, 1.807) is 6.92 Å². The lowest BCUT2D eigenvalue weighted by molar-refractivity contribution is -0.152. The van der Waals surface area contributed by atoms with Gasteiger partial charge in [0.15, 0.2) is 6.10 Å². The van der Waals surface area contributed by atoms with Gasteiger partial charge in [0.25, 0.3) is 0 Å². The molecule has 0 bridgehead atoms. The molecule has 0 aliphatic heterocycles. The highest BCUT2D eigenvalue weighted by Crippen LogP contribution is 2.20. The van der Waals surface area contributed by atoms with Crippen LogP contribution in [0.1, 0.15) is 18.9 Å². The van der Waals surface area contributed by atoms with Crippen LogP contribution in [0.4, 0.5) is 8.78 Å². The van der Waals surface area contributed by atoms with Gasteiger partial charge in [0.1, 0.15) is 11.6 Å². The van der Waals surface area contributed by atoms with Gasteiger partial charge in [-0.1, -0.05) is 6.58 Å². The molecule has 0 saturated heterocycles. The fraction of sp³-hybridized carbons (Fsp3) is 0.308. The Morgan fingerprint density at radius 2 is 1.94 bits per heavy atom. The average molecular weight is 256 g/mol. The largest absolute Gasteiger partial charge is 0.464 e. The molecule has 0 amide bonds. The van der Waals surface area contributed by atoms with Crippen LogP contribution in [-0.4, -0.2) is 23.8 Å². The number of rotatable bonds is 5. The minimum absolute atomic E-state index is 0.137. The van der Waals surface area contributed by atoms with Gasteiger partial charge < -0.3 is 9.84 Å². The molecule has 0 heterocycles. The monoisotopic (exact) mass is 256 g/mol. The van der Waals surface area contributed by atoms with Gasteiger partial charge in [-0.05, 0) is 30.2 Å². The summed E-state index contributed by atoms with van der Waals surface area (Å²) < 4.78 is 30.5. The van der Waals surface area contributed by atoms with Crippen molar-refractivity contribution in [3.05, 3.63) is 42.0 Å². The number of hydrogen-bond acceptors (Lipinski definition) is 3. The summed E-state index contributed by atoms with van der Waals surface area (Å²) >= 11 is 0. The first kappa shape index (κ1) is 14.3. The number of benzene rings is 1. The first-order chi connectivity index (χ1) is 8.43. The molecule has 0 radical (unpaired) electrons. The van der Waals surface area contributed by atoms with E-state index in [1.807, 2.05) is 0 Å². The van der Waals surface area contributed by atoms with Crippen LogP contribution in [-0.2, 0) is 9.53 Å². The van der Waals surface area contributed by atoms with Crippen LogP contribution in [0.15, 0.2) is 24.8 Å². The molecular formula is C13H14F2O3. The number of aliphatic hydroxyl groups is 1. The molecule has 5 heteroatoms.